The fraction of sp³-hybridized carbons (Fsp3) is 0.857. The molecular formula is C28H42O6. The lowest BCUT2D eigenvalue weighted by molar-refractivity contribution is -0.229. The Labute approximate surface area is 203 Å². The van der Waals surface area contributed by atoms with Crippen LogP contribution in [0.2, 0.25) is 0 Å². The lowest BCUT2D eigenvalue weighted by Gasteiger charge is -2.70. The third-order valence-electron chi connectivity index (χ3n) is 11.4. The molecule has 1 N–H and O–H groups in total. The average molecular weight is 475 g/mol. The van der Waals surface area contributed by atoms with E-state index in [-0.39, 0.29) is 28.8 Å². The van der Waals surface area contributed by atoms with Crippen molar-refractivity contribution in [3.63, 3.8) is 0 Å². The third kappa shape index (κ3) is 3.00. The van der Waals surface area contributed by atoms with Gasteiger partial charge < -0.3 is 19.3 Å². The monoisotopic (exact) mass is 474 g/mol. The summed E-state index contributed by atoms with van der Waals surface area (Å²) in [5.41, 5.74) is 0.718. The van der Waals surface area contributed by atoms with Crippen LogP contribution < -0.4 is 0 Å². The van der Waals surface area contributed by atoms with E-state index in [1.165, 1.54) is 32.6 Å². The summed E-state index contributed by atoms with van der Waals surface area (Å²) in [6.45, 7) is 13.3. The second-order valence-electron chi connectivity index (χ2n) is 13.2. The van der Waals surface area contributed by atoms with Gasteiger partial charge in [-0.1, -0.05) is 41.0 Å². The maximum Gasteiger partial charge on any atom is 0.337 e. The van der Waals surface area contributed by atoms with Gasteiger partial charge in [-0.25, -0.2) is 4.79 Å². The number of carbonyl (C=O) groups is 2. The first kappa shape index (κ1) is 24.3. The number of hydrogen-bond donors (Lipinski definition) is 1. The van der Waals surface area contributed by atoms with Crippen molar-refractivity contribution in [2.24, 2.45) is 39.4 Å². The first-order chi connectivity index (χ1) is 15.8. The SMILES string of the molecule is CO[C@@H]1C[C@H]2[C@]3(C)CC[C@H]4C(C)(C)CCC[C@]4(C)[C@H]3C[C@H](OC(C)=O)[C@]2(C)C2=C1[C@H](O)OC2=O. The fourth-order valence-electron chi connectivity index (χ4n) is 10.1. The Morgan fingerprint density at radius 2 is 1.68 bits per heavy atom. The Bertz CT molecular complexity index is 937. The first-order valence-corrected chi connectivity index (χ1v) is 13.1. The van der Waals surface area contributed by atoms with Gasteiger partial charge in [0.05, 0.1) is 11.7 Å². The number of carbonyl (C=O) groups excluding carboxylic acids is 2. The van der Waals surface area contributed by atoms with E-state index >= 15 is 0 Å². The lowest BCUT2D eigenvalue weighted by Crippen LogP contribution is -2.66. The number of hydrogen-bond acceptors (Lipinski definition) is 6. The molecule has 3 fully saturated rings. The van der Waals surface area contributed by atoms with Crippen molar-refractivity contribution in [2.75, 3.05) is 7.11 Å². The van der Waals surface area contributed by atoms with Gasteiger partial charge in [0.15, 0.2) is 0 Å². The van der Waals surface area contributed by atoms with Crippen molar-refractivity contribution < 1.29 is 28.9 Å². The molecule has 0 aromatic heterocycles. The number of ether oxygens (including phenoxy) is 3. The van der Waals surface area contributed by atoms with Gasteiger partial charge in [-0.2, -0.15) is 0 Å². The summed E-state index contributed by atoms with van der Waals surface area (Å²) in [4.78, 5) is 25.5. The standard InChI is InChI=1S/C28H42O6/c1-15(29)33-20-14-18-26(4)11-8-10-25(2,3)17(26)9-12-27(18,5)19-13-16(32-7)21-22(28(19,20)6)24(31)34-23(21)30/h16-20,23,30H,8-14H2,1-7H3/t16-,17+,18-,19+,20+,23-,26+,27-,28-/m1/s1. The molecule has 1 heterocycles. The number of rotatable bonds is 2. The van der Waals surface area contributed by atoms with Crippen LogP contribution in [-0.4, -0.2) is 42.7 Å². The van der Waals surface area contributed by atoms with Crippen molar-refractivity contribution in [3.8, 4) is 0 Å². The molecule has 1 aliphatic heterocycles. The molecule has 0 bridgehead atoms. The van der Waals surface area contributed by atoms with Crippen molar-refractivity contribution in [1.29, 1.82) is 0 Å². The molecule has 0 unspecified atom stereocenters. The molecule has 0 aromatic carbocycles. The van der Waals surface area contributed by atoms with Crippen LogP contribution in [0.25, 0.3) is 0 Å². The van der Waals surface area contributed by atoms with E-state index in [9.17, 15) is 14.7 Å². The molecule has 0 radical (unpaired) electrons. The topological polar surface area (TPSA) is 82.1 Å². The van der Waals surface area contributed by atoms with E-state index in [4.69, 9.17) is 14.2 Å². The summed E-state index contributed by atoms with van der Waals surface area (Å²) in [5.74, 6) is 0.270. The van der Waals surface area contributed by atoms with E-state index in [0.717, 1.165) is 12.8 Å². The Hall–Kier alpha value is -1.40. The van der Waals surface area contributed by atoms with Crippen molar-refractivity contribution in [3.05, 3.63) is 11.1 Å². The molecule has 0 amide bonds. The molecule has 5 aliphatic rings. The Morgan fingerprint density at radius 3 is 2.32 bits per heavy atom. The maximum atomic E-state index is 13.2. The van der Waals surface area contributed by atoms with Crippen LogP contribution in [0, 0.1) is 39.4 Å². The zero-order valence-corrected chi connectivity index (χ0v) is 21.9. The predicted molar refractivity (Wildman–Crippen MR) is 126 cm³/mol. The summed E-state index contributed by atoms with van der Waals surface area (Å²) in [7, 11) is 1.64. The smallest absolute Gasteiger partial charge is 0.337 e. The summed E-state index contributed by atoms with van der Waals surface area (Å²) in [6.07, 6.45) is 5.27. The van der Waals surface area contributed by atoms with Crippen LogP contribution in [0.1, 0.15) is 86.5 Å². The van der Waals surface area contributed by atoms with E-state index in [1.807, 2.05) is 0 Å². The van der Waals surface area contributed by atoms with Gasteiger partial charge in [-0.05, 0) is 72.5 Å². The Morgan fingerprint density at radius 1 is 1.00 bits per heavy atom. The molecule has 0 aromatic rings. The molecular weight excluding hydrogens is 432 g/mol. The number of cyclic esters (lactones) is 1. The molecule has 190 valence electrons. The number of methoxy groups -OCH3 is 1. The minimum Gasteiger partial charge on any atom is -0.462 e. The molecule has 6 nitrogen and oxygen atoms in total. The first-order valence-electron chi connectivity index (χ1n) is 13.1. The zero-order chi connectivity index (χ0) is 24.8. The van der Waals surface area contributed by atoms with Crippen LogP contribution >= 0.6 is 0 Å². The summed E-state index contributed by atoms with van der Waals surface area (Å²) in [5, 5.41) is 10.6. The molecule has 0 spiro atoms. The normalized spacial score (nSPS) is 49.4. The van der Waals surface area contributed by atoms with Crippen LogP contribution in [0.5, 0.6) is 0 Å². The van der Waals surface area contributed by atoms with E-state index < -0.39 is 23.8 Å². The molecule has 6 heteroatoms. The van der Waals surface area contributed by atoms with Gasteiger partial charge in [-0.15, -0.1) is 0 Å². The van der Waals surface area contributed by atoms with Crippen molar-refractivity contribution >= 4 is 11.9 Å². The van der Waals surface area contributed by atoms with Crippen LogP contribution in [0.15, 0.2) is 11.1 Å². The molecule has 4 aliphatic carbocycles. The molecule has 3 saturated carbocycles. The van der Waals surface area contributed by atoms with Gasteiger partial charge in [0, 0.05) is 25.0 Å². The highest BCUT2D eigenvalue weighted by Gasteiger charge is 2.71. The average Bonchev–Trinajstić information content (AvgIpc) is 3.03. The second-order valence-corrected chi connectivity index (χ2v) is 13.2. The van der Waals surface area contributed by atoms with Gasteiger partial charge in [-0.3, -0.25) is 4.79 Å². The minimum absolute atomic E-state index is 0.0345. The molecule has 34 heavy (non-hydrogen) atoms. The molecule has 0 saturated heterocycles. The lowest BCUT2D eigenvalue weighted by atomic mass is 9.35. The largest absolute Gasteiger partial charge is 0.462 e. The van der Waals surface area contributed by atoms with Gasteiger partial charge >= 0.3 is 11.9 Å². The second kappa shape index (κ2) is 7.55. The zero-order valence-electron chi connectivity index (χ0n) is 21.9. The quantitative estimate of drug-likeness (QED) is 0.580. The number of aliphatic hydroxyl groups is 1. The summed E-state index contributed by atoms with van der Waals surface area (Å²) >= 11 is 0. The van der Waals surface area contributed by atoms with Crippen molar-refractivity contribution in [2.45, 2.75) is 105 Å². The summed E-state index contributed by atoms with van der Waals surface area (Å²) < 4.78 is 17.3. The van der Waals surface area contributed by atoms with E-state index in [0.29, 0.717) is 34.8 Å². The highest BCUT2D eigenvalue weighted by atomic mass is 16.6. The summed E-state index contributed by atoms with van der Waals surface area (Å²) in [6, 6.07) is 0. The van der Waals surface area contributed by atoms with Crippen LogP contribution in [-0.2, 0) is 23.8 Å². The fourth-order valence-corrected chi connectivity index (χ4v) is 10.1. The Balaban J connectivity index is 1.68. The highest BCUT2D eigenvalue weighted by Crippen LogP contribution is 2.73. The van der Waals surface area contributed by atoms with Gasteiger partial charge in [0.1, 0.15) is 6.10 Å². The molecule has 9 atom stereocenters. The minimum atomic E-state index is -1.29. The number of aliphatic hydroxyl groups excluding tert-OH is 1. The number of esters is 2. The predicted octanol–water partition coefficient (Wildman–Crippen LogP) is 4.78. The van der Waals surface area contributed by atoms with E-state index in [2.05, 4.69) is 34.6 Å². The van der Waals surface area contributed by atoms with Crippen molar-refractivity contribution in [1.82, 2.24) is 0 Å². The van der Waals surface area contributed by atoms with Crippen LogP contribution in [0.3, 0.4) is 0 Å². The van der Waals surface area contributed by atoms with E-state index in [1.54, 1.807) is 7.11 Å². The highest BCUT2D eigenvalue weighted by molar-refractivity contribution is 5.94. The third-order valence-corrected chi connectivity index (χ3v) is 11.4. The maximum absolute atomic E-state index is 13.2. The molecule has 5 rings (SSSR count). The number of fused-ring (bicyclic) bond motifs is 6. The van der Waals surface area contributed by atoms with Crippen LogP contribution in [0.4, 0.5) is 0 Å². The van der Waals surface area contributed by atoms with Gasteiger partial charge in [0.25, 0.3) is 0 Å². The van der Waals surface area contributed by atoms with Gasteiger partial charge in [0.2, 0.25) is 6.29 Å². The Kier molecular flexibility index (Phi) is 5.40.